The number of carboxylic acids is 1. The van der Waals surface area contributed by atoms with Gasteiger partial charge in [0.05, 0.1) is 16.8 Å². The van der Waals surface area contributed by atoms with E-state index in [1.165, 1.54) is 17.3 Å². The van der Waals surface area contributed by atoms with Crippen LogP contribution in [0, 0.1) is 0 Å². The lowest BCUT2D eigenvalue weighted by Crippen LogP contribution is -2.29. The number of likely N-dealkylation sites (N-methyl/N-ethyl adjacent to an activating group) is 1. The fraction of sp³-hybridized carbons (Fsp3) is 0.200. The molecule has 1 heterocycles. The lowest BCUT2D eigenvalue weighted by Gasteiger charge is -2.24. The summed E-state index contributed by atoms with van der Waals surface area (Å²) < 4.78 is 0. The van der Waals surface area contributed by atoms with E-state index in [4.69, 9.17) is 0 Å². The molecule has 1 aliphatic carbocycles. The van der Waals surface area contributed by atoms with Crippen LogP contribution in [-0.2, 0) is 6.42 Å². The summed E-state index contributed by atoms with van der Waals surface area (Å²) in [5, 5.41) is 9.48. The molecule has 2 aromatic carbocycles. The number of rotatable bonds is 5. The molecule has 0 saturated heterocycles. The molecule has 0 atom stereocenters. The Labute approximate surface area is 176 Å². The highest BCUT2D eigenvalue weighted by molar-refractivity contribution is 6.05. The first-order valence-corrected chi connectivity index (χ1v) is 10.0. The van der Waals surface area contributed by atoms with Crippen molar-refractivity contribution in [3.8, 4) is 0 Å². The number of fused-ring (bicyclic) bond motifs is 1. The molecule has 0 radical (unpaired) electrons. The summed E-state index contributed by atoms with van der Waals surface area (Å²) in [6, 6.07) is 14.7. The molecule has 0 bridgehead atoms. The minimum Gasteiger partial charge on any atom is -0.478 e. The van der Waals surface area contributed by atoms with Gasteiger partial charge in [0.15, 0.2) is 0 Å². The predicted molar refractivity (Wildman–Crippen MR) is 118 cm³/mol. The van der Waals surface area contributed by atoms with Gasteiger partial charge in [-0.2, -0.15) is 0 Å². The van der Waals surface area contributed by atoms with Gasteiger partial charge in [-0.3, -0.25) is 4.79 Å². The number of aromatic carboxylic acids is 1. The number of anilines is 1. The van der Waals surface area contributed by atoms with Crippen LogP contribution in [-0.4, -0.2) is 35.5 Å². The number of carbonyl (C=O) groups excluding carboxylic acids is 1. The van der Waals surface area contributed by atoms with Crippen LogP contribution in [0.5, 0.6) is 0 Å². The average Bonchev–Trinajstić information content (AvgIpc) is 3.37. The molecule has 30 heavy (non-hydrogen) atoms. The second-order valence-corrected chi connectivity index (χ2v) is 7.52. The molecule has 2 aliphatic rings. The number of benzene rings is 2. The summed E-state index contributed by atoms with van der Waals surface area (Å²) in [5.74, 6) is -1.45. The second kappa shape index (κ2) is 8.03. The summed E-state index contributed by atoms with van der Waals surface area (Å²) in [4.78, 5) is 28.6. The third-order valence-electron chi connectivity index (χ3n) is 5.78. The Morgan fingerprint density at radius 1 is 1.03 bits per heavy atom. The monoisotopic (exact) mass is 400 g/mol. The van der Waals surface area contributed by atoms with Gasteiger partial charge in [0.25, 0.3) is 5.91 Å². The number of hydrogen-bond acceptors (Lipinski definition) is 3. The minimum absolute atomic E-state index is 0.00657. The smallest absolute Gasteiger partial charge is 0.336 e. The summed E-state index contributed by atoms with van der Waals surface area (Å²) >= 11 is 0. The lowest BCUT2D eigenvalue weighted by atomic mass is 10.1. The number of hydrogen-bond donors (Lipinski definition) is 1. The molecule has 4 rings (SSSR count). The van der Waals surface area contributed by atoms with E-state index < -0.39 is 5.97 Å². The van der Waals surface area contributed by atoms with Crippen LogP contribution in [0.2, 0.25) is 0 Å². The molecule has 0 saturated carbocycles. The van der Waals surface area contributed by atoms with Crippen molar-refractivity contribution in [3.63, 3.8) is 0 Å². The zero-order chi connectivity index (χ0) is 21.3. The van der Waals surface area contributed by atoms with Gasteiger partial charge in [0, 0.05) is 25.5 Å². The Balaban J connectivity index is 1.70. The van der Waals surface area contributed by atoms with Crippen molar-refractivity contribution in [1.29, 1.82) is 0 Å². The quantitative estimate of drug-likeness (QED) is 0.794. The van der Waals surface area contributed by atoms with Crippen molar-refractivity contribution in [2.24, 2.45) is 0 Å². The highest BCUT2D eigenvalue weighted by atomic mass is 16.4. The minimum atomic E-state index is -1.11. The third kappa shape index (κ3) is 3.43. The SMILES string of the molecule is C=CC1=C(N(C)C(=O)c2ccccc2C(=O)O)/C(=C/N2CCc3ccccc32)CC1. The number of para-hydroxylation sites is 1. The van der Waals surface area contributed by atoms with Crippen molar-refractivity contribution >= 4 is 17.6 Å². The van der Waals surface area contributed by atoms with Gasteiger partial charge in [-0.25, -0.2) is 4.79 Å². The first kappa shape index (κ1) is 19.7. The molecule has 0 spiro atoms. The van der Waals surface area contributed by atoms with Crippen LogP contribution < -0.4 is 4.90 Å². The number of amides is 1. The largest absolute Gasteiger partial charge is 0.478 e. The third-order valence-corrected chi connectivity index (χ3v) is 5.78. The predicted octanol–water partition coefficient (Wildman–Crippen LogP) is 4.64. The van der Waals surface area contributed by atoms with Crippen LogP contribution in [0.3, 0.4) is 0 Å². The molecule has 1 amide bonds. The Morgan fingerprint density at radius 3 is 2.47 bits per heavy atom. The van der Waals surface area contributed by atoms with E-state index in [-0.39, 0.29) is 17.0 Å². The van der Waals surface area contributed by atoms with Gasteiger partial charge in [0.2, 0.25) is 0 Å². The van der Waals surface area contributed by atoms with E-state index in [0.717, 1.165) is 42.7 Å². The highest BCUT2D eigenvalue weighted by Crippen LogP contribution is 2.37. The van der Waals surface area contributed by atoms with Gasteiger partial charge in [-0.1, -0.05) is 43.0 Å². The van der Waals surface area contributed by atoms with E-state index in [1.807, 2.05) is 6.07 Å². The zero-order valence-electron chi connectivity index (χ0n) is 17.0. The molecular weight excluding hydrogens is 376 g/mol. The Bertz CT molecular complexity index is 1100. The van der Waals surface area contributed by atoms with E-state index in [9.17, 15) is 14.7 Å². The average molecular weight is 400 g/mol. The van der Waals surface area contributed by atoms with Gasteiger partial charge in [-0.15, -0.1) is 0 Å². The van der Waals surface area contributed by atoms with Crippen molar-refractivity contribution in [2.75, 3.05) is 18.5 Å². The molecule has 1 aliphatic heterocycles. The van der Waals surface area contributed by atoms with Crippen LogP contribution in [0.15, 0.2) is 84.2 Å². The van der Waals surface area contributed by atoms with Crippen LogP contribution in [0.25, 0.3) is 0 Å². The first-order valence-electron chi connectivity index (χ1n) is 10.0. The second-order valence-electron chi connectivity index (χ2n) is 7.52. The van der Waals surface area contributed by atoms with Gasteiger partial charge >= 0.3 is 5.97 Å². The van der Waals surface area contributed by atoms with Crippen molar-refractivity contribution in [3.05, 3.63) is 101 Å². The molecule has 2 aromatic rings. The lowest BCUT2D eigenvalue weighted by molar-refractivity contribution is 0.0686. The fourth-order valence-electron chi connectivity index (χ4n) is 4.29. The Kier molecular flexibility index (Phi) is 5.27. The molecule has 0 aromatic heterocycles. The molecule has 0 fully saturated rings. The maximum atomic E-state index is 13.3. The van der Waals surface area contributed by atoms with Crippen LogP contribution in [0.4, 0.5) is 5.69 Å². The van der Waals surface area contributed by atoms with Gasteiger partial charge in [0.1, 0.15) is 0 Å². The molecule has 0 unspecified atom stereocenters. The standard InChI is InChI=1S/C25H24N2O3/c1-3-17-12-13-19(16-27-15-14-18-8-4-7-11-22(18)27)23(17)26(2)24(28)20-9-5-6-10-21(20)25(29)30/h3-11,16H,1,12-15H2,2H3,(H,29,30)/b19-16+. The number of nitrogens with zero attached hydrogens (tertiary/aromatic N) is 2. The van der Waals surface area contributed by atoms with E-state index in [2.05, 4.69) is 35.9 Å². The van der Waals surface area contributed by atoms with Crippen LogP contribution >= 0.6 is 0 Å². The van der Waals surface area contributed by atoms with E-state index in [0.29, 0.717) is 0 Å². The Hall–Kier alpha value is -3.60. The molecule has 5 nitrogen and oxygen atoms in total. The van der Waals surface area contributed by atoms with Crippen molar-refractivity contribution in [2.45, 2.75) is 19.3 Å². The van der Waals surface area contributed by atoms with E-state index in [1.54, 1.807) is 36.2 Å². The maximum absolute atomic E-state index is 13.3. The van der Waals surface area contributed by atoms with Crippen molar-refractivity contribution < 1.29 is 14.7 Å². The number of allylic oxidation sites excluding steroid dienone is 3. The Morgan fingerprint density at radius 2 is 1.73 bits per heavy atom. The van der Waals surface area contributed by atoms with Gasteiger partial charge in [-0.05, 0) is 54.2 Å². The molecular formula is C25H24N2O3. The number of carboxylic acid groups (broad SMARTS) is 1. The number of carbonyl (C=O) groups is 2. The summed E-state index contributed by atoms with van der Waals surface area (Å²) in [6.45, 7) is 4.83. The molecule has 1 N–H and O–H groups in total. The maximum Gasteiger partial charge on any atom is 0.336 e. The van der Waals surface area contributed by atoms with E-state index >= 15 is 0 Å². The fourth-order valence-corrected chi connectivity index (χ4v) is 4.29. The topological polar surface area (TPSA) is 60.9 Å². The normalized spacial score (nSPS) is 16.7. The van der Waals surface area contributed by atoms with Gasteiger partial charge < -0.3 is 14.9 Å². The molecule has 5 heteroatoms. The highest BCUT2D eigenvalue weighted by Gasteiger charge is 2.29. The zero-order valence-corrected chi connectivity index (χ0v) is 17.0. The van der Waals surface area contributed by atoms with Crippen molar-refractivity contribution in [1.82, 2.24) is 4.90 Å². The summed E-state index contributed by atoms with van der Waals surface area (Å²) in [6.07, 6.45) is 6.53. The summed E-state index contributed by atoms with van der Waals surface area (Å²) in [7, 11) is 1.71. The first-order chi connectivity index (χ1) is 14.5. The summed E-state index contributed by atoms with van der Waals surface area (Å²) in [5.41, 5.74) is 5.58. The van der Waals surface area contributed by atoms with Crippen LogP contribution in [0.1, 0.15) is 39.1 Å². The molecule has 152 valence electrons.